The molecule has 1 aliphatic carbocycles. The molecule has 1 heterocycles. The predicted molar refractivity (Wildman–Crippen MR) is 74.7 cm³/mol. The summed E-state index contributed by atoms with van der Waals surface area (Å²) in [5.74, 6) is 1.08. The van der Waals surface area contributed by atoms with Crippen LogP contribution in [0.3, 0.4) is 0 Å². The van der Waals surface area contributed by atoms with E-state index in [1.807, 2.05) is 0 Å². The molecule has 0 radical (unpaired) electrons. The van der Waals surface area contributed by atoms with E-state index >= 15 is 0 Å². The number of anilines is 1. The van der Waals surface area contributed by atoms with E-state index in [0.717, 1.165) is 6.20 Å². The molecule has 1 saturated carbocycles. The van der Waals surface area contributed by atoms with Crippen LogP contribution in [0.25, 0.3) is 0 Å². The summed E-state index contributed by atoms with van der Waals surface area (Å²) in [6, 6.07) is 1.40. The van der Waals surface area contributed by atoms with Gasteiger partial charge in [-0.15, -0.1) is 0 Å². The molecule has 20 heavy (non-hydrogen) atoms. The maximum atomic E-state index is 12.1. The van der Waals surface area contributed by atoms with Crippen LogP contribution in [0.2, 0.25) is 0 Å². The summed E-state index contributed by atoms with van der Waals surface area (Å²) in [6.07, 6.45) is 3.51. The number of aromatic nitrogens is 1. The summed E-state index contributed by atoms with van der Waals surface area (Å²) in [5.41, 5.74) is -0.238. The lowest BCUT2D eigenvalue weighted by Crippen LogP contribution is -2.29. The van der Waals surface area contributed by atoms with Gasteiger partial charge < -0.3 is 10.6 Å². The number of nitrogens with one attached hydrogen (secondary N) is 2. The van der Waals surface area contributed by atoms with Gasteiger partial charge in [-0.2, -0.15) is 0 Å². The molecule has 0 saturated heterocycles. The fraction of sp³-hybridized carbons (Fsp3) is 0.538. The van der Waals surface area contributed by atoms with Gasteiger partial charge in [0.1, 0.15) is 17.6 Å². The van der Waals surface area contributed by atoms with Gasteiger partial charge in [0.25, 0.3) is 11.6 Å². The molecule has 7 nitrogen and oxygen atoms in total. The maximum absolute atomic E-state index is 12.1. The number of nitrogens with zero attached hydrogens (tertiary/aromatic N) is 2. The number of nitro groups is 1. The Morgan fingerprint density at radius 1 is 1.60 bits per heavy atom. The zero-order valence-electron chi connectivity index (χ0n) is 11.5. The molecule has 1 amide bonds. The smallest absolute Gasteiger partial charge is 0.300 e. The fourth-order valence-electron chi connectivity index (χ4n) is 2.09. The van der Waals surface area contributed by atoms with Gasteiger partial charge in [-0.25, -0.2) is 4.98 Å². The average molecular weight is 278 g/mol. The first-order chi connectivity index (χ1) is 9.52. The zero-order chi connectivity index (χ0) is 14.7. The van der Waals surface area contributed by atoms with Crippen molar-refractivity contribution >= 4 is 17.4 Å². The third-order valence-corrected chi connectivity index (χ3v) is 3.59. The van der Waals surface area contributed by atoms with Gasteiger partial charge >= 0.3 is 0 Å². The summed E-state index contributed by atoms with van der Waals surface area (Å²) < 4.78 is 0. The Labute approximate surface area is 116 Å². The third kappa shape index (κ3) is 3.23. The topological polar surface area (TPSA) is 97.2 Å². The Balaban J connectivity index is 2.11. The van der Waals surface area contributed by atoms with Crippen molar-refractivity contribution in [3.8, 4) is 0 Å². The number of rotatable bonds is 6. The van der Waals surface area contributed by atoms with Crippen LogP contribution >= 0.6 is 0 Å². The SMILES string of the molecule is CNc1cc(C(=O)NCC(C)C2CC2)c([N+](=O)[O-])cn1. The second-order valence-corrected chi connectivity index (χ2v) is 5.12. The Hall–Kier alpha value is -2.18. The largest absolute Gasteiger partial charge is 0.373 e. The molecular weight excluding hydrogens is 260 g/mol. The van der Waals surface area contributed by atoms with Gasteiger partial charge in [-0.3, -0.25) is 14.9 Å². The van der Waals surface area contributed by atoms with E-state index in [0.29, 0.717) is 24.2 Å². The number of hydrogen-bond acceptors (Lipinski definition) is 5. The predicted octanol–water partition coefficient (Wildman–Crippen LogP) is 1.81. The lowest BCUT2D eigenvalue weighted by molar-refractivity contribution is -0.385. The van der Waals surface area contributed by atoms with Crippen molar-refractivity contribution in [2.45, 2.75) is 19.8 Å². The minimum absolute atomic E-state index is 0.0392. The number of carbonyl (C=O) groups is 1. The second kappa shape index (κ2) is 5.85. The Morgan fingerprint density at radius 3 is 2.85 bits per heavy atom. The van der Waals surface area contributed by atoms with Gasteiger partial charge in [0.15, 0.2) is 0 Å². The summed E-state index contributed by atoms with van der Waals surface area (Å²) in [6.45, 7) is 2.62. The van der Waals surface area contributed by atoms with Crippen LogP contribution in [0, 0.1) is 22.0 Å². The van der Waals surface area contributed by atoms with Crippen LogP contribution < -0.4 is 10.6 Å². The molecule has 1 atom stereocenters. The third-order valence-electron chi connectivity index (χ3n) is 3.59. The number of amides is 1. The molecular formula is C13H18N4O3. The van der Waals surface area contributed by atoms with Crippen molar-refractivity contribution in [3.05, 3.63) is 27.9 Å². The summed E-state index contributed by atoms with van der Waals surface area (Å²) in [5, 5.41) is 16.5. The number of pyridine rings is 1. The molecule has 0 spiro atoms. The fourth-order valence-corrected chi connectivity index (χ4v) is 2.09. The Morgan fingerprint density at radius 2 is 2.30 bits per heavy atom. The molecule has 0 aromatic carbocycles. The van der Waals surface area contributed by atoms with Crippen LogP contribution in [-0.2, 0) is 0 Å². The van der Waals surface area contributed by atoms with E-state index in [1.165, 1.54) is 18.9 Å². The average Bonchev–Trinajstić information content (AvgIpc) is 3.28. The summed E-state index contributed by atoms with van der Waals surface area (Å²) >= 11 is 0. The molecule has 7 heteroatoms. The highest BCUT2D eigenvalue weighted by Gasteiger charge is 2.28. The van der Waals surface area contributed by atoms with E-state index in [-0.39, 0.29) is 11.3 Å². The van der Waals surface area contributed by atoms with Crippen molar-refractivity contribution in [1.29, 1.82) is 0 Å². The molecule has 0 aliphatic heterocycles. The first-order valence-electron chi connectivity index (χ1n) is 6.63. The van der Waals surface area contributed by atoms with E-state index in [1.54, 1.807) is 7.05 Å². The molecule has 108 valence electrons. The first-order valence-corrected chi connectivity index (χ1v) is 6.63. The molecule has 1 aromatic rings. The van der Waals surface area contributed by atoms with Crippen LogP contribution in [0.1, 0.15) is 30.1 Å². The lowest BCUT2D eigenvalue weighted by Gasteiger charge is -2.11. The monoisotopic (exact) mass is 278 g/mol. The summed E-state index contributed by atoms with van der Waals surface area (Å²) in [7, 11) is 1.64. The van der Waals surface area contributed by atoms with Gasteiger partial charge in [0.2, 0.25) is 0 Å². The molecule has 1 aliphatic rings. The van der Waals surface area contributed by atoms with Crippen molar-refractivity contribution < 1.29 is 9.72 Å². The first kappa shape index (κ1) is 14.2. The number of carbonyl (C=O) groups excluding carboxylic acids is 1. The maximum Gasteiger partial charge on any atom is 0.300 e. The molecule has 1 unspecified atom stereocenters. The minimum atomic E-state index is -0.592. The van der Waals surface area contributed by atoms with E-state index in [9.17, 15) is 14.9 Å². The number of hydrogen-bond donors (Lipinski definition) is 2. The van der Waals surface area contributed by atoms with E-state index in [4.69, 9.17) is 0 Å². The highest BCUT2D eigenvalue weighted by molar-refractivity contribution is 5.98. The normalized spacial score (nSPS) is 15.5. The summed E-state index contributed by atoms with van der Waals surface area (Å²) in [4.78, 5) is 26.3. The highest BCUT2D eigenvalue weighted by Crippen LogP contribution is 2.36. The van der Waals surface area contributed by atoms with Crippen molar-refractivity contribution in [2.75, 3.05) is 18.9 Å². The zero-order valence-corrected chi connectivity index (χ0v) is 11.5. The second-order valence-electron chi connectivity index (χ2n) is 5.12. The standard InChI is InChI=1S/C13H18N4O3/c1-8(9-3-4-9)6-16-13(18)10-5-12(14-2)15-7-11(10)17(19)20/h5,7-9H,3-4,6H2,1-2H3,(H,14,15)(H,16,18). The lowest BCUT2D eigenvalue weighted by atomic mass is 10.1. The van der Waals surface area contributed by atoms with Gasteiger partial charge in [0.05, 0.1) is 4.92 Å². The molecule has 0 bridgehead atoms. The Kier molecular flexibility index (Phi) is 4.16. The molecule has 1 fully saturated rings. The van der Waals surface area contributed by atoms with Crippen LogP contribution in [-0.4, -0.2) is 29.4 Å². The van der Waals surface area contributed by atoms with Gasteiger partial charge in [-0.05, 0) is 24.7 Å². The Bertz CT molecular complexity index is 528. The highest BCUT2D eigenvalue weighted by atomic mass is 16.6. The minimum Gasteiger partial charge on any atom is -0.373 e. The van der Waals surface area contributed by atoms with E-state index in [2.05, 4.69) is 22.5 Å². The molecule has 2 rings (SSSR count). The van der Waals surface area contributed by atoms with Crippen molar-refractivity contribution in [1.82, 2.24) is 10.3 Å². The van der Waals surface area contributed by atoms with Crippen molar-refractivity contribution in [2.24, 2.45) is 11.8 Å². The van der Waals surface area contributed by atoms with Gasteiger partial charge in [-0.1, -0.05) is 6.92 Å². The van der Waals surface area contributed by atoms with Gasteiger partial charge in [0, 0.05) is 19.7 Å². The van der Waals surface area contributed by atoms with Crippen LogP contribution in [0.15, 0.2) is 12.3 Å². The van der Waals surface area contributed by atoms with Crippen LogP contribution in [0.4, 0.5) is 11.5 Å². The van der Waals surface area contributed by atoms with Crippen LogP contribution in [0.5, 0.6) is 0 Å². The quantitative estimate of drug-likeness (QED) is 0.611. The van der Waals surface area contributed by atoms with E-state index < -0.39 is 10.8 Å². The molecule has 1 aromatic heterocycles. The van der Waals surface area contributed by atoms with Crippen molar-refractivity contribution in [3.63, 3.8) is 0 Å². The molecule has 2 N–H and O–H groups in total.